The van der Waals surface area contributed by atoms with Gasteiger partial charge in [0.05, 0.1) is 5.02 Å². The second-order valence-electron chi connectivity index (χ2n) is 4.54. The van der Waals surface area contributed by atoms with E-state index in [1.54, 1.807) is 6.07 Å². The van der Waals surface area contributed by atoms with Crippen molar-refractivity contribution >= 4 is 27.5 Å². The SMILES string of the molecule is CC[C@@H](c1cc(Br)cc(Cl)c1O)N1CCNCC1. The molecular formula is C13H18BrClN2O. The van der Waals surface area contributed by atoms with Crippen LogP contribution in [0.1, 0.15) is 24.9 Å². The van der Waals surface area contributed by atoms with Crippen molar-refractivity contribution in [2.75, 3.05) is 26.2 Å². The highest BCUT2D eigenvalue weighted by Crippen LogP contribution is 2.38. The Balaban J connectivity index is 2.31. The summed E-state index contributed by atoms with van der Waals surface area (Å²) in [7, 11) is 0. The first-order valence-corrected chi connectivity index (χ1v) is 7.43. The van der Waals surface area contributed by atoms with Crippen molar-refractivity contribution in [3.63, 3.8) is 0 Å². The van der Waals surface area contributed by atoms with Gasteiger partial charge in [-0.25, -0.2) is 0 Å². The molecule has 0 aliphatic carbocycles. The zero-order chi connectivity index (χ0) is 13.1. The van der Waals surface area contributed by atoms with E-state index in [2.05, 4.69) is 33.1 Å². The average Bonchev–Trinajstić information content (AvgIpc) is 2.37. The number of nitrogens with one attached hydrogen (secondary N) is 1. The second kappa shape index (κ2) is 6.24. The average molecular weight is 334 g/mol. The van der Waals surface area contributed by atoms with Crippen LogP contribution in [0.5, 0.6) is 5.75 Å². The van der Waals surface area contributed by atoms with Gasteiger partial charge in [-0.05, 0) is 18.6 Å². The number of rotatable bonds is 3. The fraction of sp³-hybridized carbons (Fsp3) is 0.538. The lowest BCUT2D eigenvalue weighted by Gasteiger charge is -2.35. The number of phenolic OH excluding ortho intramolecular Hbond substituents is 1. The number of phenols is 1. The Kier molecular flexibility index (Phi) is 4.90. The first kappa shape index (κ1) is 14.1. The monoisotopic (exact) mass is 332 g/mol. The largest absolute Gasteiger partial charge is 0.506 e. The smallest absolute Gasteiger partial charge is 0.139 e. The molecule has 2 N–H and O–H groups in total. The molecule has 1 heterocycles. The maximum absolute atomic E-state index is 10.2. The molecule has 2 rings (SSSR count). The first-order valence-electron chi connectivity index (χ1n) is 6.26. The van der Waals surface area contributed by atoms with E-state index in [0.717, 1.165) is 42.6 Å². The van der Waals surface area contributed by atoms with Gasteiger partial charge in [0, 0.05) is 42.3 Å². The van der Waals surface area contributed by atoms with Crippen molar-refractivity contribution in [1.82, 2.24) is 10.2 Å². The van der Waals surface area contributed by atoms with E-state index in [-0.39, 0.29) is 11.8 Å². The van der Waals surface area contributed by atoms with Crippen LogP contribution >= 0.6 is 27.5 Å². The Morgan fingerprint density at radius 3 is 2.72 bits per heavy atom. The van der Waals surface area contributed by atoms with Crippen molar-refractivity contribution < 1.29 is 5.11 Å². The topological polar surface area (TPSA) is 35.5 Å². The quantitative estimate of drug-likeness (QED) is 0.892. The standard InChI is InChI=1S/C13H18BrClN2O/c1-2-12(17-5-3-16-4-6-17)10-7-9(14)8-11(15)13(10)18/h7-8,12,16,18H,2-6H2,1H3/t12-/m0/s1. The van der Waals surface area contributed by atoms with Gasteiger partial charge in [-0.3, -0.25) is 4.90 Å². The van der Waals surface area contributed by atoms with Crippen LogP contribution in [-0.4, -0.2) is 36.2 Å². The number of nitrogens with zero attached hydrogens (tertiary/aromatic N) is 1. The molecule has 3 nitrogen and oxygen atoms in total. The predicted molar refractivity (Wildman–Crippen MR) is 78.3 cm³/mol. The fourth-order valence-corrected chi connectivity index (χ4v) is 3.34. The third-order valence-corrected chi connectivity index (χ3v) is 4.14. The second-order valence-corrected chi connectivity index (χ2v) is 5.86. The summed E-state index contributed by atoms with van der Waals surface area (Å²) in [5.74, 6) is 0.213. The van der Waals surface area contributed by atoms with Crippen LogP contribution in [0.2, 0.25) is 5.02 Å². The van der Waals surface area contributed by atoms with Crippen LogP contribution in [-0.2, 0) is 0 Å². The van der Waals surface area contributed by atoms with Crippen LogP contribution in [0.3, 0.4) is 0 Å². The Morgan fingerprint density at radius 1 is 1.44 bits per heavy atom. The fourth-order valence-electron chi connectivity index (χ4n) is 2.51. The number of benzene rings is 1. The highest BCUT2D eigenvalue weighted by molar-refractivity contribution is 9.10. The Bertz CT molecular complexity index is 422. The number of piperazine rings is 1. The summed E-state index contributed by atoms with van der Waals surface area (Å²) >= 11 is 9.49. The van der Waals surface area contributed by atoms with Crippen molar-refractivity contribution in [3.8, 4) is 5.75 Å². The Hall–Kier alpha value is -0.290. The molecule has 1 atom stereocenters. The van der Waals surface area contributed by atoms with Gasteiger partial charge in [-0.2, -0.15) is 0 Å². The lowest BCUT2D eigenvalue weighted by molar-refractivity contribution is 0.167. The molecule has 0 radical (unpaired) electrons. The highest BCUT2D eigenvalue weighted by atomic mass is 79.9. The third-order valence-electron chi connectivity index (χ3n) is 3.40. The number of aromatic hydroxyl groups is 1. The third kappa shape index (κ3) is 2.99. The summed E-state index contributed by atoms with van der Waals surface area (Å²) in [6.45, 7) is 6.14. The molecule has 0 aromatic heterocycles. The zero-order valence-corrected chi connectivity index (χ0v) is 12.8. The zero-order valence-electron chi connectivity index (χ0n) is 10.4. The first-order chi connectivity index (χ1) is 8.63. The van der Waals surface area contributed by atoms with Crippen molar-refractivity contribution in [3.05, 3.63) is 27.2 Å². The number of hydrogen-bond acceptors (Lipinski definition) is 3. The molecular weight excluding hydrogens is 316 g/mol. The molecule has 0 bridgehead atoms. The van der Waals surface area contributed by atoms with Crippen molar-refractivity contribution in [2.45, 2.75) is 19.4 Å². The maximum Gasteiger partial charge on any atom is 0.139 e. The Labute approximate surface area is 121 Å². The van der Waals surface area contributed by atoms with E-state index in [9.17, 15) is 5.11 Å². The van der Waals surface area contributed by atoms with E-state index in [1.165, 1.54) is 0 Å². The molecule has 5 heteroatoms. The van der Waals surface area contributed by atoms with Gasteiger partial charge in [-0.1, -0.05) is 34.5 Å². The van der Waals surface area contributed by atoms with Gasteiger partial charge in [0.25, 0.3) is 0 Å². The van der Waals surface area contributed by atoms with Crippen LogP contribution in [0.25, 0.3) is 0 Å². The van der Waals surface area contributed by atoms with E-state index in [0.29, 0.717) is 5.02 Å². The van der Waals surface area contributed by atoms with Gasteiger partial charge < -0.3 is 10.4 Å². The van der Waals surface area contributed by atoms with Crippen LogP contribution in [0, 0.1) is 0 Å². The van der Waals surface area contributed by atoms with Gasteiger partial charge in [-0.15, -0.1) is 0 Å². The summed E-state index contributed by atoms with van der Waals surface area (Å²) in [5, 5.41) is 13.9. The predicted octanol–water partition coefficient (Wildman–Crippen LogP) is 3.16. The minimum Gasteiger partial charge on any atom is -0.506 e. The Morgan fingerprint density at radius 2 is 2.11 bits per heavy atom. The summed E-state index contributed by atoms with van der Waals surface area (Å²) in [5.41, 5.74) is 0.916. The van der Waals surface area contributed by atoms with Gasteiger partial charge in [0.15, 0.2) is 0 Å². The molecule has 0 spiro atoms. The highest BCUT2D eigenvalue weighted by Gasteiger charge is 2.24. The lowest BCUT2D eigenvalue weighted by atomic mass is 10.0. The van der Waals surface area contributed by atoms with Gasteiger partial charge >= 0.3 is 0 Å². The van der Waals surface area contributed by atoms with E-state index < -0.39 is 0 Å². The molecule has 0 amide bonds. The minimum atomic E-state index is 0.213. The summed E-state index contributed by atoms with van der Waals surface area (Å²) in [6, 6.07) is 3.92. The number of halogens is 2. The molecule has 100 valence electrons. The molecule has 1 aromatic carbocycles. The molecule has 0 saturated carbocycles. The van der Waals surface area contributed by atoms with Crippen molar-refractivity contribution in [2.24, 2.45) is 0 Å². The molecule has 0 unspecified atom stereocenters. The minimum absolute atomic E-state index is 0.213. The molecule has 1 saturated heterocycles. The summed E-state index contributed by atoms with van der Waals surface area (Å²) < 4.78 is 0.911. The van der Waals surface area contributed by atoms with Gasteiger partial charge in [0.1, 0.15) is 5.75 Å². The summed E-state index contributed by atoms with van der Waals surface area (Å²) in [4.78, 5) is 2.40. The summed E-state index contributed by atoms with van der Waals surface area (Å²) in [6.07, 6.45) is 0.959. The molecule has 1 aliphatic rings. The van der Waals surface area contributed by atoms with E-state index in [4.69, 9.17) is 11.6 Å². The van der Waals surface area contributed by atoms with Crippen molar-refractivity contribution in [1.29, 1.82) is 0 Å². The van der Waals surface area contributed by atoms with E-state index in [1.807, 2.05) is 6.07 Å². The molecule has 1 aromatic rings. The van der Waals surface area contributed by atoms with Gasteiger partial charge in [0.2, 0.25) is 0 Å². The molecule has 18 heavy (non-hydrogen) atoms. The lowest BCUT2D eigenvalue weighted by Crippen LogP contribution is -2.45. The molecule has 1 aliphatic heterocycles. The number of hydrogen-bond donors (Lipinski definition) is 2. The normalized spacial score (nSPS) is 18.8. The molecule has 1 fully saturated rings. The van der Waals surface area contributed by atoms with Crippen LogP contribution in [0.4, 0.5) is 0 Å². The van der Waals surface area contributed by atoms with Crippen LogP contribution in [0.15, 0.2) is 16.6 Å². The van der Waals surface area contributed by atoms with E-state index >= 15 is 0 Å². The van der Waals surface area contributed by atoms with Crippen LogP contribution < -0.4 is 5.32 Å². The maximum atomic E-state index is 10.2.